The average molecular weight is 444 g/mol. The summed E-state index contributed by atoms with van der Waals surface area (Å²) in [7, 11) is 5.42. The topological polar surface area (TPSA) is 154 Å². The third-order valence-corrected chi connectivity index (χ3v) is 6.64. The highest BCUT2D eigenvalue weighted by atomic mass is 33.1. The highest BCUT2D eigenvalue weighted by Gasteiger charge is 2.37. The molecule has 2 heterocycles. The maximum absolute atomic E-state index is 11.8. The predicted molar refractivity (Wildman–Crippen MR) is 107 cm³/mol. The van der Waals surface area contributed by atoms with Gasteiger partial charge in [0.15, 0.2) is 0 Å². The molecule has 0 fully saturated rings. The average Bonchev–Trinajstić information content (AvgIpc) is 3.27. The van der Waals surface area contributed by atoms with Gasteiger partial charge in [0.1, 0.15) is 0 Å². The monoisotopic (exact) mass is 444 g/mol. The van der Waals surface area contributed by atoms with Crippen molar-refractivity contribution >= 4 is 33.5 Å². The summed E-state index contributed by atoms with van der Waals surface area (Å²) in [5, 5.41) is 2.08. The molecule has 12 heteroatoms. The van der Waals surface area contributed by atoms with Crippen LogP contribution in [0.4, 0.5) is 0 Å². The molecular formula is C18H16N6O4S2. The Morgan fingerprint density at radius 2 is 1.10 bits per heavy atom. The van der Waals surface area contributed by atoms with Crippen LogP contribution in [0, 0.1) is 0 Å². The molecule has 0 aromatic heterocycles. The number of hydrogen-bond donors (Lipinski definition) is 2. The van der Waals surface area contributed by atoms with E-state index in [1.807, 2.05) is 12.1 Å². The smallest absolute Gasteiger partial charge is 0.372 e. The van der Waals surface area contributed by atoms with E-state index in [0.717, 1.165) is 9.79 Å². The molecular weight excluding hydrogens is 428 g/mol. The van der Waals surface area contributed by atoms with E-state index < -0.39 is 23.5 Å². The van der Waals surface area contributed by atoms with Gasteiger partial charge < -0.3 is 9.47 Å². The minimum atomic E-state index is -1.74. The molecule has 0 amide bonds. The van der Waals surface area contributed by atoms with Crippen molar-refractivity contribution in [3.63, 3.8) is 0 Å². The summed E-state index contributed by atoms with van der Waals surface area (Å²) < 4.78 is 9.32. The maximum atomic E-state index is 11.8. The van der Waals surface area contributed by atoms with Crippen LogP contribution in [0.1, 0.15) is 0 Å². The molecule has 154 valence electrons. The number of carbonyl (C=O) groups excluding carboxylic acids is 2. The van der Waals surface area contributed by atoms with Gasteiger partial charge in [0, 0.05) is 9.79 Å². The molecule has 4 N–H and O–H groups in total. The van der Waals surface area contributed by atoms with E-state index in [4.69, 9.17) is 11.5 Å². The highest BCUT2D eigenvalue weighted by molar-refractivity contribution is 8.76. The number of nitrogens with zero attached hydrogens (tertiary/aromatic N) is 4. The lowest BCUT2D eigenvalue weighted by Crippen LogP contribution is -2.44. The van der Waals surface area contributed by atoms with Gasteiger partial charge in [-0.2, -0.15) is 0 Å². The minimum Gasteiger partial charge on any atom is -0.465 e. The zero-order valence-electron chi connectivity index (χ0n) is 15.9. The predicted octanol–water partition coefficient (Wildman–Crippen LogP) is -1.44. The Kier molecular flexibility index (Phi) is 5.10. The third-order valence-electron chi connectivity index (χ3n) is 4.26. The van der Waals surface area contributed by atoms with Gasteiger partial charge in [0.25, 0.3) is 0 Å². The molecule has 2 aliphatic rings. The van der Waals surface area contributed by atoms with Crippen LogP contribution in [0.2, 0.25) is 0 Å². The summed E-state index contributed by atoms with van der Waals surface area (Å²) in [5.41, 5.74) is 11.8. The van der Waals surface area contributed by atoms with Crippen molar-refractivity contribution in [1.82, 2.24) is 0 Å². The summed E-state index contributed by atoms with van der Waals surface area (Å²) in [6.07, 6.45) is 0. The minimum absolute atomic E-state index is 0.516. The molecule has 2 aromatic carbocycles. The second-order valence-electron chi connectivity index (χ2n) is 6.35. The van der Waals surface area contributed by atoms with Crippen molar-refractivity contribution in [3.05, 3.63) is 57.8 Å². The van der Waals surface area contributed by atoms with Crippen LogP contribution in [-0.4, -0.2) is 37.7 Å². The normalized spacial score (nSPS) is 23.2. The molecule has 10 nitrogen and oxygen atoms in total. The van der Waals surface area contributed by atoms with Crippen molar-refractivity contribution in [2.24, 2.45) is 31.4 Å². The summed E-state index contributed by atoms with van der Waals surface area (Å²) in [6, 6.07) is 10.8. The number of carbonyl (C=O) groups is 2. The zero-order valence-corrected chi connectivity index (χ0v) is 17.5. The van der Waals surface area contributed by atoms with Crippen molar-refractivity contribution in [3.8, 4) is 0 Å². The molecule has 2 aliphatic heterocycles. The fourth-order valence-corrected chi connectivity index (χ4v) is 4.80. The lowest BCUT2D eigenvalue weighted by molar-refractivity contribution is -0.147. The van der Waals surface area contributed by atoms with Crippen molar-refractivity contribution in [1.29, 1.82) is 0 Å². The number of rotatable bonds is 5. The van der Waals surface area contributed by atoms with E-state index in [2.05, 4.69) is 29.4 Å². The van der Waals surface area contributed by atoms with Crippen LogP contribution in [0.3, 0.4) is 0 Å². The molecule has 30 heavy (non-hydrogen) atoms. The SMILES string of the molecule is COC(=O)C1(N)N=c2ccc(SSc3ccc4c(c3)=NC(N)(C(=O)OC)N=4)cc2=N1. The van der Waals surface area contributed by atoms with Gasteiger partial charge in [-0.15, -0.1) is 0 Å². The van der Waals surface area contributed by atoms with Crippen LogP contribution >= 0.6 is 21.6 Å². The quantitative estimate of drug-likeness (QED) is 0.420. The second kappa shape index (κ2) is 7.47. The van der Waals surface area contributed by atoms with Crippen molar-refractivity contribution in [2.45, 2.75) is 21.4 Å². The number of methoxy groups -OCH3 is 2. The van der Waals surface area contributed by atoms with Crippen LogP contribution < -0.4 is 32.9 Å². The number of hydrogen-bond acceptors (Lipinski definition) is 12. The maximum Gasteiger partial charge on any atom is 0.372 e. The van der Waals surface area contributed by atoms with E-state index in [0.29, 0.717) is 21.4 Å². The lowest BCUT2D eigenvalue weighted by Gasteiger charge is -2.12. The third kappa shape index (κ3) is 3.58. The summed E-state index contributed by atoms with van der Waals surface area (Å²) >= 11 is 0. The summed E-state index contributed by atoms with van der Waals surface area (Å²) in [5.74, 6) is -4.94. The first-order valence-corrected chi connectivity index (χ1v) is 10.7. The van der Waals surface area contributed by atoms with Crippen molar-refractivity contribution in [2.75, 3.05) is 14.2 Å². The van der Waals surface area contributed by atoms with E-state index in [9.17, 15) is 9.59 Å². The second-order valence-corrected chi connectivity index (χ2v) is 8.63. The van der Waals surface area contributed by atoms with E-state index in [1.54, 1.807) is 24.3 Å². The number of benzene rings is 2. The fraction of sp³-hybridized carbons (Fsp3) is 0.222. The Bertz CT molecular complexity index is 1220. The van der Waals surface area contributed by atoms with Crippen LogP contribution in [-0.2, 0) is 19.1 Å². The van der Waals surface area contributed by atoms with Crippen molar-refractivity contribution < 1.29 is 19.1 Å². The Hall–Kier alpha value is -2.80. The first-order chi connectivity index (χ1) is 14.3. The number of nitrogens with two attached hydrogens (primary N) is 2. The molecule has 4 rings (SSSR count). The standard InChI is InChI=1S/C18H16N6O4S2/c1-27-15(25)17(19)21-11-5-3-9(7-13(11)23-17)29-30-10-4-6-12-14(8-10)24-18(20,22-12)16(26)28-2/h3-8H,19-20H2,1-2H3. The molecule has 2 aromatic rings. The van der Waals surface area contributed by atoms with Crippen LogP contribution in [0.5, 0.6) is 0 Å². The molecule has 0 saturated heterocycles. The van der Waals surface area contributed by atoms with Gasteiger partial charge in [-0.25, -0.2) is 29.6 Å². The van der Waals surface area contributed by atoms with Gasteiger partial charge in [-0.3, -0.25) is 11.5 Å². The number of esters is 2. The van der Waals surface area contributed by atoms with E-state index in [-0.39, 0.29) is 0 Å². The van der Waals surface area contributed by atoms with Crippen LogP contribution in [0.25, 0.3) is 0 Å². The van der Waals surface area contributed by atoms with Crippen LogP contribution in [0.15, 0.2) is 66.2 Å². The van der Waals surface area contributed by atoms with Gasteiger partial charge in [0.05, 0.1) is 35.6 Å². The first-order valence-electron chi connectivity index (χ1n) is 8.55. The molecule has 0 radical (unpaired) electrons. The Morgan fingerprint density at radius 3 is 1.47 bits per heavy atom. The first kappa shape index (κ1) is 20.5. The van der Waals surface area contributed by atoms with E-state index >= 15 is 0 Å². The van der Waals surface area contributed by atoms with Gasteiger partial charge in [-0.1, -0.05) is 21.6 Å². The van der Waals surface area contributed by atoms with Gasteiger partial charge in [0.2, 0.25) is 0 Å². The highest BCUT2D eigenvalue weighted by Crippen LogP contribution is 2.35. The van der Waals surface area contributed by atoms with Gasteiger partial charge >= 0.3 is 23.5 Å². The molecule has 0 spiro atoms. The molecule has 2 unspecified atom stereocenters. The summed E-state index contributed by atoms with van der Waals surface area (Å²) in [6.45, 7) is 0. The Labute approximate surface area is 177 Å². The Morgan fingerprint density at radius 1 is 0.733 bits per heavy atom. The lowest BCUT2D eigenvalue weighted by atomic mass is 10.3. The largest absolute Gasteiger partial charge is 0.465 e. The number of ether oxygens (including phenoxy) is 2. The fourth-order valence-electron chi connectivity index (χ4n) is 2.84. The zero-order chi connectivity index (χ0) is 21.5. The van der Waals surface area contributed by atoms with Gasteiger partial charge in [-0.05, 0) is 36.4 Å². The number of fused-ring (bicyclic) bond motifs is 2. The molecule has 0 bridgehead atoms. The molecule has 0 aliphatic carbocycles. The molecule has 2 atom stereocenters. The summed E-state index contributed by atoms with van der Waals surface area (Å²) in [4.78, 5) is 42.0. The Balaban J connectivity index is 1.54. The molecule has 0 saturated carbocycles. The van der Waals surface area contributed by atoms with E-state index in [1.165, 1.54) is 35.8 Å².